The number of rotatable bonds is 7. The molecule has 0 aromatic rings. The lowest BCUT2D eigenvalue weighted by Gasteiger charge is -2.37. The van der Waals surface area contributed by atoms with Gasteiger partial charge in [-0.2, -0.15) is 0 Å². The van der Waals surface area contributed by atoms with E-state index >= 15 is 0 Å². The highest BCUT2D eigenvalue weighted by Crippen LogP contribution is 2.38. The van der Waals surface area contributed by atoms with E-state index in [9.17, 15) is 5.11 Å². The average Bonchev–Trinajstić information content (AvgIpc) is 2.67. The van der Waals surface area contributed by atoms with E-state index in [0.29, 0.717) is 24.5 Å². The maximum atomic E-state index is 9.83. The molecule has 0 bridgehead atoms. The van der Waals surface area contributed by atoms with E-state index in [0.717, 1.165) is 24.4 Å². The van der Waals surface area contributed by atoms with Crippen LogP contribution in [-0.2, 0) is 4.74 Å². The standard InChI is InChI=1S/C24H42O2/c1-18-6-10-20(11-7-18)22(16-25)4-3-5-24-15-14-23(17-26-24)21-12-8-19(2)9-13-21/h6,19-25H,3-5,7-17H2,1-2H3. The molecule has 1 saturated heterocycles. The van der Waals surface area contributed by atoms with E-state index in [2.05, 4.69) is 19.9 Å². The zero-order valence-corrected chi connectivity index (χ0v) is 17.3. The lowest BCUT2D eigenvalue weighted by molar-refractivity contribution is -0.0432. The van der Waals surface area contributed by atoms with Crippen molar-refractivity contribution in [1.82, 2.24) is 0 Å². The molecule has 2 nitrogen and oxygen atoms in total. The van der Waals surface area contributed by atoms with Gasteiger partial charge in [0.1, 0.15) is 0 Å². The molecule has 2 aliphatic carbocycles. The molecule has 4 atom stereocenters. The molecule has 0 aromatic heterocycles. The van der Waals surface area contributed by atoms with Gasteiger partial charge in [-0.25, -0.2) is 0 Å². The van der Waals surface area contributed by atoms with Crippen LogP contribution in [0.5, 0.6) is 0 Å². The number of hydrogen-bond donors (Lipinski definition) is 1. The lowest BCUT2D eigenvalue weighted by atomic mass is 9.74. The summed E-state index contributed by atoms with van der Waals surface area (Å²) in [6.07, 6.45) is 18.6. The van der Waals surface area contributed by atoms with E-state index in [-0.39, 0.29) is 0 Å². The molecule has 0 amide bonds. The second-order valence-electron chi connectivity index (χ2n) is 9.77. The van der Waals surface area contributed by atoms with Gasteiger partial charge >= 0.3 is 0 Å². The Balaban J connectivity index is 1.32. The van der Waals surface area contributed by atoms with Crippen LogP contribution in [-0.4, -0.2) is 24.4 Å². The van der Waals surface area contributed by atoms with Crippen molar-refractivity contribution < 1.29 is 9.84 Å². The summed E-state index contributed by atoms with van der Waals surface area (Å²) in [4.78, 5) is 0. The Morgan fingerprint density at radius 1 is 1.08 bits per heavy atom. The number of aliphatic hydroxyl groups excluding tert-OH is 1. The van der Waals surface area contributed by atoms with Gasteiger partial charge in [-0.15, -0.1) is 0 Å². The molecule has 3 rings (SSSR count). The van der Waals surface area contributed by atoms with Gasteiger partial charge in [0.2, 0.25) is 0 Å². The molecule has 0 radical (unpaired) electrons. The van der Waals surface area contributed by atoms with Crippen molar-refractivity contribution in [3.63, 3.8) is 0 Å². The molecule has 3 aliphatic rings. The van der Waals surface area contributed by atoms with Gasteiger partial charge in [0.05, 0.1) is 12.7 Å². The monoisotopic (exact) mass is 362 g/mol. The minimum absolute atomic E-state index is 0.366. The van der Waals surface area contributed by atoms with Crippen LogP contribution < -0.4 is 0 Å². The zero-order chi connectivity index (χ0) is 18.4. The van der Waals surface area contributed by atoms with Crippen molar-refractivity contribution >= 4 is 0 Å². The fraction of sp³-hybridized carbons (Fsp3) is 0.917. The van der Waals surface area contributed by atoms with Crippen LogP contribution >= 0.6 is 0 Å². The SMILES string of the molecule is CC1=CCC(C(CO)CCCC2CCC(C3CCC(C)CC3)CO2)CC1. The molecular weight excluding hydrogens is 320 g/mol. The van der Waals surface area contributed by atoms with Gasteiger partial charge in [0, 0.05) is 6.61 Å². The Kier molecular flexibility index (Phi) is 8.06. The third-order valence-electron chi connectivity index (χ3n) is 7.81. The second kappa shape index (κ2) is 10.3. The first-order chi connectivity index (χ1) is 12.7. The summed E-state index contributed by atoms with van der Waals surface area (Å²) < 4.78 is 6.27. The highest BCUT2D eigenvalue weighted by Gasteiger charge is 2.30. The van der Waals surface area contributed by atoms with E-state index in [1.807, 2.05) is 0 Å². The van der Waals surface area contributed by atoms with E-state index in [1.165, 1.54) is 82.6 Å². The van der Waals surface area contributed by atoms with E-state index in [1.54, 1.807) is 0 Å². The Hall–Kier alpha value is -0.340. The number of hydrogen-bond acceptors (Lipinski definition) is 2. The first-order valence-electron chi connectivity index (χ1n) is 11.5. The van der Waals surface area contributed by atoms with Crippen molar-refractivity contribution in [3.8, 4) is 0 Å². The van der Waals surface area contributed by atoms with Crippen LogP contribution in [0.3, 0.4) is 0 Å². The fourth-order valence-corrected chi connectivity index (χ4v) is 5.68. The van der Waals surface area contributed by atoms with Gasteiger partial charge in [0.25, 0.3) is 0 Å². The Morgan fingerprint density at radius 2 is 1.85 bits per heavy atom. The summed E-state index contributed by atoms with van der Waals surface area (Å²) in [6.45, 7) is 6.03. The molecule has 1 saturated carbocycles. The summed E-state index contributed by atoms with van der Waals surface area (Å²) in [5, 5.41) is 9.83. The molecule has 4 unspecified atom stereocenters. The van der Waals surface area contributed by atoms with Gasteiger partial charge in [0.15, 0.2) is 0 Å². The summed E-state index contributed by atoms with van der Waals surface area (Å²) in [5.74, 6) is 3.93. The summed E-state index contributed by atoms with van der Waals surface area (Å²) in [5.41, 5.74) is 1.54. The smallest absolute Gasteiger partial charge is 0.0575 e. The normalized spacial score (nSPS) is 37.2. The minimum Gasteiger partial charge on any atom is -0.396 e. The van der Waals surface area contributed by atoms with Gasteiger partial charge in [-0.3, -0.25) is 0 Å². The Bertz CT molecular complexity index is 427. The molecule has 2 heteroatoms. The summed E-state index contributed by atoms with van der Waals surface area (Å²) in [6, 6.07) is 0. The molecule has 2 fully saturated rings. The van der Waals surface area contributed by atoms with E-state index < -0.39 is 0 Å². The highest BCUT2D eigenvalue weighted by atomic mass is 16.5. The quantitative estimate of drug-likeness (QED) is 0.552. The predicted octanol–water partition coefficient (Wildman–Crippen LogP) is 6.13. The van der Waals surface area contributed by atoms with Crippen LogP contribution in [0.2, 0.25) is 0 Å². The zero-order valence-electron chi connectivity index (χ0n) is 17.3. The van der Waals surface area contributed by atoms with Crippen molar-refractivity contribution in [2.24, 2.45) is 29.6 Å². The third-order valence-corrected chi connectivity index (χ3v) is 7.81. The van der Waals surface area contributed by atoms with Gasteiger partial charge in [-0.05, 0) is 94.3 Å². The predicted molar refractivity (Wildman–Crippen MR) is 109 cm³/mol. The molecule has 1 aliphatic heterocycles. The fourth-order valence-electron chi connectivity index (χ4n) is 5.68. The molecule has 1 heterocycles. The highest BCUT2D eigenvalue weighted by molar-refractivity contribution is 5.03. The molecular formula is C24H42O2. The topological polar surface area (TPSA) is 29.5 Å². The molecule has 0 spiro atoms. The van der Waals surface area contributed by atoms with Crippen molar-refractivity contribution in [2.45, 2.75) is 97.0 Å². The van der Waals surface area contributed by atoms with E-state index in [4.69, 9.17) is 4.74 Å². The van der Waals surface area contributed by atoms with Gasteiger partial charge < -0.3 is 9.84 Å². The maximum absolute atomic E-state index is 9.83. The molecule has 150 valence electrons. The Labute approximate surface area is 161 Å². The van der Waals surface area contributed by atoms with Crippen molar-refractivity contribution in [3.05, 3.63) is 11.6 Å². The number of allylic oxidation sites excluding steroid dienone is 2. The third kappa shape index (κ3) is 5.83. The first kappa shape index (κ1) is 20.4. The maximum Gasteiger partial charge on any atom is 0.0575 e. The molecule has 26 heavy (non-hydrogen) atoms. The minimum atomic E-state index is 0.366. The number of ether oxygens (including phenoxy) is 1. The van der Waals surface area contributed by atoms with Crippen molar-refractivity contribution in [1.29, 1.82) is 0 Å². The van der Waals surface area contributed by atoms with Crippen LogP contribution in [0.15, 0.2) is 11.6 Å². The number of aliphatic hydroxyl groups is 1. The summed E-state index contributed by atoms with van der Waals surface area (Å²) in [7, 11) is 0. The second-order valence-corrected chi connectivity index (χ2v) is 9.77. The Morgan fingerprint density at radius 3 is 2.46 bits per heavy atom. The molecule has 1 N–H and O–H groups in total. The summed E-state index contributed by atoms with van der Waals surface area (Å²) >= 11 is 0. The van der Waals surface area contributed by atoms with Gasteiger partial charge in [-0.1, -0.05) is 37.8 Å². The first-order valence-corrected chi connectivity index (χ1v) is 11.5. The average molecular weight is 363 g/mol. The van der Waals surface area contributed by atoms with Crippen LogP contribution in [0.1, 0.15) is 90.9 Å². The van der Waals surface area contributed by atoms with Crippen LogP contribution in [0, 0.1) is 29.6 Å². The van der Waals surface area contributed by atoms with Crippen molar-refractivity contribution in [2.75, 3.05) is 13.2 Å². The lowest BCUT2D eigenvalue weighted by Crippen LogP contribution is -2.32. The van der Waals surface area contributed by atoms with Crippen LogP contribution in [0.25, 0.3) is 0 Å². The largest absolute Gasteiger partial charge is 0.396 e. The molecule has 0 aromatic carbocycles. The van der Waals surface area contributed by atoms with Crippen LogP contribution in [0.4, 0.5) is 0 Å².